The summed E-state index contributed by atoms with van der Waals surface area (Å²) in [6.07, 6.45) is 5.85. The van der Waals surface area contributed by atoms with E-state index in [1.165, 1.54) is 18.2 Å². The molecule has 0 unspecified atom stereocenters. The number of nitrogens with one attached hydrogen (secondary N) is 1. The van der Waals surface area contributed by atoms with E-state index in [1.807, 2.05) is 45.0 Å². The molecule has 3 heterocycles. The third kappa shape index (κ3) is 7.41. The minimum atomic E-state index is -0.481. The summed E-state index contributed by atoms with van der Waals surface area (Å²) < 4.78 is 25.9. The summed E-state index contributed by atoms with van der Waals surface area (Å²) in [6, 6.07) is 13.7. The van der Waals surface area contributed by atoms with Crippen molar-refractivity contribution in [3.8, 4) is 17.0 Å². The fourth-order valence-corrected chi connectivity index (χ4v) is 4.99. The quantitative estimate of drug-likeness (QED) is 0.241. The Morgan fingerprint density at radius 3 is 2.71 bits per heavy atom. The maximum Gasteiger partial charge on any atom is 0.410 e. The summed E-state index contributed by atoms with van der Waals surface area (Å²) >= 11 is 6.05. The molecule has 0 spiro atoms. The van der Waals surface area contributed by atoms with Crippen LogP contribution in [0.15, 0.2) is 60.9 Å². The standard InChI is InChI=1S/C31H33ClFN5O3/c1-31(2,3)41-30(39)38-13-9-20(10-14-38)11-15-40-23-5-6-24-27(8-12-34-28(24)18-23)36-22-17-29(37-35-19-22)25-16-21(32)4-7-26(25)33/h4-8,12,16-20H,9-11,13-15H2,1-3H3,(H,34,36,37). The molecule has 41 heavy (non-hydrogen) atoms. The lowest BCUT2D eigenvalue weighted by Crippen LogP contribution is -2.41. The van der Waals surface area contributed by atoms with Crippen LogP contribution in [0.1, 0.15) is 40.0 Å². The van der Waals surface area contributed by atoms with Crippen molar-refractivity contribution >= 4 is 40.0 Å². The van der Waals surface area contributed by atoms with Crippen LogP contribution in [0.2, 0.25) is 5.02 Å². The highest BCUT2D eigenvalue weighted by molar-refractivity contribution is 6.30. The Balaban J connectivity index is 1.18. The van der Waals surface area contributed by atoms with Crippen LogP contribution in [0.3, 0.4) is 0 Å². The number of nitrogens with zero attached hydrogens (tertiary/aromatic N) is 4. The number of likely N-dealkylation sites (tertiary alicyclic amines) is 1. The van der Waals surface area contributed by atoms with Gasteiger partial charge in [-0.05, 0) is 88.4 Å². The first kappa shape index (κ1) is 28.5. The lowest BCUT2D eigenvalue weighted by molar-refractivity contribution is 0.0177. The molecule has 214 valence electrons. The zero-order valence-electron chi connectivity index (χ0n) is 23.4. The molecule has 2 aromatic heterocycles. The molecule has 0 radical (unpaired) electrons. The topological polar surface area (TPSA) is 89.5 Å². The van der Waals surface area contributed by atoms with Gasteiger partial charge in [0.05, 0.1) is 29.7 Å². The first-order chi connectivity index (χ1) is 19.6. The van der Waals surface area contributed by atoms with E-state index in [4.69, 9.17) is 21.1 Å². The van der Waals surface area contributed by atoms with Crippen LogP contribution in [-0.2, 0) is 4.74 Å². The van der Waals surface area contributed by atoms with Gasteiger partial charge in [-0.1, -0.05) is 11.6 Å². The molecule has 1 N–H and O–H groups in total. The Morgan fingerprint density at radius 2 is 1.93 bits per heavy atom. The van der Waals surface area contributed by atoms with Crippen molar-refractivity contribution in [3.05, 3.63) is 71.8 Å². The third-order valence-corrected chi connectivity index (χ3v) is 7.15. The van der Waals surface area contributed by atoms with Crippen molar-refractivity contribution in [2.75, 3.05) is 25.0 Å². The average molecular weight is 578 g/mol. The van der Waals surface area contributed by atoms with E-state index in [9.17, 15) is 9.18 Å². The monoisotopic (exact) mass is 577 g/mol. The second kappa shape index (κ2) is 12.3. The van der Waals surface area contributed by atoms with Gasteiger partial charge in [0.2, 0.25) is 0 Å². The first-order valence-corrected chi connectivity index (χ1v) is 14.1. The zero-order chi connectivity index (χ0) is 29.0. The second-order valence-electron chi connectivity index (χ2n) is 11.2. The second-order valence-corrected chi connectivity index (χ2v) is 11.6. The van der Waals surface area contributed by atoms with E-state index >= 15 is 0 Å². The molecular formula is C31H33ClFN5O3. The number of aromatic nitrogens is 3. The average Bonchev–Trinajstić information content (AvgIpc) is 2.94. The number of carbonyl (C=O) groups excluding carboxylic acids is 1. The maximum absolute atomic E-state index is 14.4. The van der Waals surface area contributed by atoms with E-state index in [1.54, 1.807) is 23.4 Å². The van der Waals surface area contributed by atoms with E-state index in [0.717, 1.165) is 41.6 Å². The number of hydrogen-bond acceptors (Lipinski definition) is 7. The molecule has 1 amide bonds. The number of rotatable bonds is 7. The lowest BCUT2D eigenvalue weighted by atomic mass is 9.94. The highest BCUT2D eigenvalue weighted by Gasteiger charge is 2.26. The molecule has 8 nitrogen and oxygen atoms in total. The molecule has 1 fully saturated rings. The van der Waals surface area contributed by atoms with Crippen molar-refractivity contribution in [1.82, 2.24) is 20.1 Å². The van der Waals surface area contributed by atoms with Crippen molar-refractivity contribution in [2.24, 2.45) is 5.92 Å². The van der Waals surface area contributed by atoms with Gasteiger partial charge in [0.1, 0.15) is 17.2 Å². The van der Waals surface area contributed by atoms with Crippen LogP contribution in [0, 0.1) is 11.7 Å². The van der Waals surface area contributed by atoms with E-state index in [0.29, 0.717) is 42.0 Å². The molecule has 10 heteroatoms. The minimum Gasteiger partial charge on any atom is -0.494 e. The minimum absolute atomic E-state index is 0.236. The number of piperidine rings is 1. The van der Waals surface area contributed by atoms with Crippen LogP contribution in [0.4, 0.5) is 20.6 Å². The Bertz CT molecular complexity index is 1540. The molecule has 0 atom stereocenters. The van der Waals surface area contributed by atoms with Crippen molar-refractivity contribution < 1.29 is 18.7 Å². The Hall–Kier alpha value is -3.98. The summed E-state index contributed by atoms with van der Waals surface area (Å²) in [6.45, 7) is 7.65. The summed E-state index contributed by atoms with van der Waals surface area (Å²) in [5, 5.41) is 12.8. The molecule has 1 saturated heterocycles. The van der Waals surface area contributed by atoms with Crippen LogP contribution in [0.5, 0.6) is 5.75 Å². The van der Waals surface area contributed by atoms with Crippen molar-refractivity contribution in [3.63, 3.8) is 0 Å². The summed E-state index contributed by atoms with van der Waals surface area (Å²) in [4.78, 5) is 18.6. The number of halogens is 2. The molecule has 0 bridgehead atoms. The number of amides is 1. The largest absolute Gasteiger partial charge is 0.494 e. The zero-order valence-corrected chi connectivity index (χ0v) is 24.1. The molecule has 4 aromatic rings. The fourth-order valence-electron chi connectivity index (χ4n) is 4.82. The molecule has 0 aliphatic carbocycles. The predicted molar refractivity (Wildman–Crippen MR) is 158 cm³/mol. The van der Waals surface area contributed by atoms with Crippen molar-refractivity contribution in [1.29, 1.82) is 0 Å². The number of benzene rings is 2. The smallest absolute Gasteiger partial charge is 0.410 e. The number of fused-ring (bicyclic) bond motifs is 1. The highest BCUT2D eigenvalue weighted by Crippen LogP contribution is 2.31. The van der Waals surface area contributed by atoms with Gasteiger partial charge < -0.3 is 19.7 Å². The van der Waals surface area contributed by atoms with Crippen LogP contribution in [0.25, 0.3) is 22.2 Å². The number of anilines is 2. The number of pyridine rings is 1. The summed E-state index contributed by atoms with van der Waals surface area (Å²) in [5.41, 5.74) is 2.43. The number of hydrogen-bond donors (Lipinski definition) is 1. The third-order valence-electron chi connectivity index (χ3n) is 6.91. The van der Waals surface area contributed by atoms with Gasteiger partial charge in [0.15, 0.2) is 0 Å². The first-order valence-electron chi connectivity index (χ1n) is 13.7. The maximum atomic E-state index is 14.4. The molecule has 5 rings (SSSR count). The van der Waals surface area contributed by atoms with Gasteiger partial charge in [-0.3, -0.25) is 4.98 Å². The normalized spacial score (nSPS) is 14.2. The number of carbonyl (C=O) groups is 1. The van der Waals surface area contributed by atoms with Gasteiger partial charge in [-0.2, -0.15) is 10.2 Å². The van der Waals surface area contributed by atoms with Gasteiger partial charge in [-0.15, -0.1) is 0 Å². The highest BCUT2D eigenvalue weighted by atomic mass is 35.5. The van der Waals surface area contributed by atoms with Gasteiger partial charge in [0, 0.05) is 47.0 Å². The predicted octanol–water partition coefficient (Wildman–Crippen LogP) is 7.64. The lowest BCUT2D eigenvalue weighted by Gasteiger charge is -2.33. The Labute approximate surface area is 243 Å². The van der Waals surface area contributed by atoms with Crippen LogP contribution in [-0.4, -0.2) is 51.5 Å². The van der Waals surface area contributed by atoms with Crippen LogP contribution < -0.4 is 10.1 Å². The Kier molecular flexibility index (Phi) is 8.54. The van der Waals surface area contributed by atoms with Crippen LogP contribution >= 0.6 is 11.6 Å². The van der Waals surface area contributed by atoms with Crippen molar-refractivity contribution in [2.45, 2.75) is 45.6 Å². The molecule has 1 aliphatic rings. The van der Waals surface area contributed by atoms with E-state index in [2.05, 4.69) is 20.5 Å². The Morgan fingerprint density at radius 1 is 1.12 bits per heavy atom. The summed E-state index contributed by atoms with van der Waals surface area (Å²) in [5.74, 6) is 0.828. The SMILES string of the molecule is CC(C)(C)OC(=O)N1CCC(CCOc2ccc3c(Nc4cnnc(-c5cc(Cl)ccc5F)c4)ccnc3c2)CC1. The molecule has 0 saturated carbocycles. The van der Waals surface area contributed by atoms with Gasteiger partial charge in [-0.25, -0.2) is 9.18 Å². The number of ether oxygens (including phenoxy) is 2. The molecule has 2 aromatic carbocycles. The fraction of sp³-hybridized carbons (Fsp3) is 0.355. The van der Waals surface area contributed by atoms with E-state index in [-0.39, 0.29) is 11.7 Å². The van der Waals surface area contributed by atoms with Gasteiger partial charge in [0.25, 0.3) is 0 Å². The van der Waals surface area contributed by atoms with E-state index < -0.39 is 11.4 Å². The molecule has 1 aliphatic heterocycles. The van der Waals surface area contributed by atoms with Gasteiger partial charge >= 0.3 is 6.09 Å². The summed E-state index contributed by atoms with van der Waals surface area (Å²) in [7, 11) is 0. The molecular weight excluding hydrogens is 545 g/mol.